The average Bonchev–Trinajstić information content (AvgIpc) is 2.61. The van der Waals surface area contributed by atoms with Crippen molar-refractivity contribution in [1.82, 2.24) is 9.88 Å². The molecule has 0 unspecified atom stereocenters. The van der Waals surface area contributed by atoms with E-state index in [1.165, 1.54) is 11.1 Å². The maximum atomic E-state index is 12.5. The summed E-state index contributed by atoms with van der Waals surface area (Å²) in [5, 5.41) is 13.1. The van der Waals surface area contributed by atoms with E-state index in [2.05, 4.69) is 21.3 Å². The molecular formula is C21H27N3O3. The number of rotatable bonds is 6. The summed E-state index contributed by atoms with van der Waals surface area (Å²) < 4.78 is 5.27. The second-order valence-electron chi connectivity index (χ2n) is 7.59. The number of methoxy groups -OCH3 is 1. The predicted molar refractivity (Wildman–Crippen MR) is 105 cm³/mol. The normalized spacial score (nSPS) is 14.5. The molecule has 6 heteroatoms. The fraction of sp³-hybridized carbons (Fsp3) is 0.429. The van der Waals surface area contributed by atoms with Gasteiger partial charge in [0.1, 0.15) is 5.75 Å². The molecule has 2 aromatic rings. The number of pyridine rings is 1. The van der Waals surface area contributed by atoms with Crippen LogP contribution in [0.5, 0.6) is 5.75 Å². The quantitative estimate of drug-likeness (QED) is 0.818. The number of aromatic nitrogens is 1. The number of aliphatic hydroxyl groups is 1. The van der Waals surface area contributed by atoms with Crippen molar-refractivity contribution in [1.29, 1.82) is 0 Å². The Balaban J connectivity index is 1.70. The second kappa shape index (κ2) is 8.06. The lowest BCUT2D eigenvalue weighted by atomic mass is 9.96. The van der Waals surface area contributed by atoms with Crippen LogP contribution in [0.4, 0.5) is 5.69 Å². The molecule has 0 fully saturated rings. The molecule has 1 aromatic carbocycles. The molecule has 1 amide bonds. The van der Waals surface area contributed by atoms with Crippen LogP contribution in [-0.4, -0.2) is 46.7 Å². The predicted octanol–water partition coefficient (Wildman–Crippen LogP) is 2.40. The third-order valence-corrected chi connectivity index (χ3v) is 4.63. The number of anilines is 1. The minimum Gasteiger partial charge on any atom is -0.495 e. The van der Waals surface area contributed by atoms with Crippen LogP contribution in [0.15, 0.2) is 36.5 Å². The Morgan fingerprint density at radius 3 is 2.89 bits per heavy atom. The van der Waals surface area contributed by atoms with E-state index < -0.39 is 5.60 Å². The van der Waals surface area contributed by atoms with Gasteiger partial charge in [0.25, 0.3) is 0 Å². The zero-order valence-corrected chi connectivity index (χ0v) is 16.2. The zero-order valence-electron chi connectivity index (χ0n) is 16.2. The third kappa shape index (κ3) is 5.05. The zero-order chi connectivity index (χ0) is 19.4. The molecule has 27 heavy (non-hydrogen) atoms. The molecule has 3 rings (SSSR count). The first-order valence-corrected chi connectivity index (χ1v) is 9.19. The van der Waals surface area contributed by atoms with Crippen LogP contribution in [-0.2, 0) is 24.2 Å². The van der Waals surface area contributed by atoms with Gasteiger partial charge in [-0.25, -0.2) is 0 Å². The molecule has 1 aromatic heterocycles. The van der Waals surface area contributed by atoms with Crippen LogP contribution in [0.3, 0.4) is 0 Å². The molecular weight excluding hydrogens is 342 g/mol. The summed E-state index contributed by atoms with van der Waals surface area (Å²) in [4.78, 5) is 19.0. The molecule has 1 aliphatic heterocycles. The first-order valence-electron chi connectivity index (χ1n) is 9.19. The summed E-state index contributed by atoms with van der Waals surface area (Å²) in [5.41, 5.74) is 3.13. The lowest BCUT2D eigenvalue weighted by Gasteiger charge is -2.33. The number of ether oxygens (including phenoxy) is 1. The highest BCUT2D eigenvalue weighted by Crippen LogP contribution is 2.27. The van der Waals surface area contributed by atoms with Crippen molar-refractivity contribution in [3.05, 3.63) is 53.3 Å². The van der Waals surface area contributed by atoms with E-state index in [0.717, 1.165) is 25.2 Å². The van der Waals surface area contributed by atoms with Gasteiger partial charge in [0, 0.05) is 31.5 Å². The van der Waals surface area contributed by atoms with Crippen molar-refractivity contribution in [2.75, 3.05) is 25.5 Å². The van der Waals surface area contributed by atoms with Gasteiger partial charge in [-0.3, -0.25) is 14.7 Å². The number of benzene rings is 1. The first-order chi connectivity index (χ1) is 12.9. The first kappa shape index (κ1) is 19.3. The number of carbonyl (C=O) groups excluding carboxylic acids is 1. The summed E-state index contributed by atoms with van der Waals surface area (Å²) >= 11 is 0. The molecule has 2 N–H and O–H groups in total. The Bertz CT molecular complexity index is 815. The summed E-state index contributed by atoms with van der Waals surface area (Å²) in [5.74, 6) is 0.504. The molecule has 1 aliphatic rings. The Hall–Kier alpha value is -2.44. The minimum atomic E-state index is -0.717. The van der Waals surface area contributed by atoms with Crippen molar-refractivity contribution in [2.45, 2.75) is 38.8 Å². The molecule has 0 aliphatic carbocycles. The van der Waals surface area contributed by atoms with Crippen molar-refractivity contribution in [2.24, 2.45) is 0 Å². The molecule has 6 nitrogen and oxygen atoms in total. The van der Waals surface area contributed by atoms with Gasteiger partial charge in [0.15, 0.2) is 0 Å². The molecule has 0 saturated carbocycles. The maximum Gasteiger partial charge on any atom is 0.230 e. The van der Waals surface area contributed by atoms with Crippen LogP contribution < -0.4 is 10.1 Å². The molecule has 144 valence electrons. The third-order valence-electron chi connectivity index (χ3n) is 4.63. The van der Waals surface area contributed by atoms with E-state index in [4.69, 9.17) is 4.74 Å². The lowest BCUT2D eigenvalue weighted by Crippen LogP contribution is -2.41. The van der Waals surface area contributed by atoms with Crippen molar-refractivity contribution in [3.63, 3.8) is 0 Å². The van der Waals surface area contributed by atoms with Crippen LogP contribution in [0.1, 0.15) is 30.7 Å². The van der Waals surface area contributed by atoms with Gasteiger partial charge >= 0.3 is 0 Å². The number of nitrogens with one attached hydrogen (secondary N) is 1. The highest BCUT2D eigenvalue weighted by atomic mass is 16.5. The second-order valence-corrected chi connectivity index (χ2v) is 7.59. The number of nitrogens with zero attached hydrogens (tertiary/aromatic N) is 2. The van der Waals surface area contributed by atoms with E-state index in [1.54, 1.807) is 25.4 Å². The van der Waals surface area contributed by atoms with E-state index >= 15 is 0 Å². The standard InChI is InChI=1S/C21H27N3O3/c1-21(2,26)14-24-11-9-16-15(13-24)6-4-7-17(16)23-20(25)12-18-19(27-3)8-5-10-22-18/h4-8,10,26H,9,11-14H2,1-3H3,(H,23,25). The van der Waals surface area contributed by atoms with Crippen LogP contribution in [0.2, 0.25) is 0 Å². The van der Waals surface area contributed by atoms with Crippen LogP contribution in [0, 0.1) is 0 Å². The number of β-amino-alcohol motifs (C(OH)–C–C–N with tert-alkyl or cyclic N) is 1. The van der Waals surface area contributed by atoms with E-state index in [9.17, 15) is 9.90 Å². The maximum absolute atomic E-state index is 12.5. The van der Waals surface area contributed by atoms with Gasteiger partial charge in [0.05, 0.1) is 24.8 Å². The molecule has 2 heterocycles. The number of fused-ring (bicyclic) bond motifs is 1. The van der Waals surface area contributed by atoms with Gasteiger partial charge in [0.2, 0.25) is 5.91 Å². The summed E-state index contributed by atoms with van der Waals surface area (Å²) in [7, 11) is 1.57. The van der Waals surface area contributed by atoms with Crippen molar-refractivity contribution < 1.29 is 14.6 Å². The number of carbonyl (C=O) groups is 1. The molecule has 0 radical (unpaired) electrons. The van der Waals surface area contributed by atoms with Crippen molar-refractivity contribution in [3.8, 4) is 5.75 Å². The summed E-state index contributed by atoms with van der Waals surface area (Å²) in [6.45, 7) is 5.91. The highest BCUT2D eigenvalue weighted by molar-refractivity contribution is 5.93. The number of hydrogen-bond acceptors (Lipinski definition) is 5. The van der Waals surface area contributed by atoms with Gasteiger partial charge < -0.3 is 15.2 Å². The fourth-order valence-electron chi connectivity index (χ4n) is 3.56. The Labute approximate surface area is 160 Å². The molecule has 0 saturated heterocycles. The highest BCUT2D eigenvalue weighted by Gasteiger charge is 2.24. The molecule has 0 spiro atoms. The fourth-order valence-corrected chi connectivity index (χ4v) is 3.56. The Morgan fingerprint density at radius 2 is 2.15 bits per heavy atom. The van der Waals surface area contributed by atoms with Gasteiger partial charge in [-0.05, 0) is 49.6 Å². The average molecular weight is 369 g/mol. The van der Waals surface area contributed by atoms with Gasteiger partial charge in [-0.2, -0.15) is 0 Å². The van der Waals surface area contributed by atoms with Crippen LogP contribution in [0.25, 0.3) is 0 Å². The largest absolute Gasteiger partial charge is 0.495 e. The molecule has 0 bridgehead atoms. The number of hydrogen-bond donors (Lipinski definition) is 2. The number of amides is 1. The van der Waals surface area contributed by atoms with Gasteiger partial charge in [-0.1, -0.05) is 12.1 Å². The Morgan fingerprint density at radius 1 is 1.33 bits per heavy atom. The Kier molecular flexibility index (Phi) is 5.77. The SMILES string of the molecule is COc1cccnc1CC(=O)Nc1cccc2c1CCN(CC(C)(C)O)C2. The summed E-state index contributed by atoms with van der Waals surface area (Å²) in [6, 6.07) is 9.58. The van der Waals surface area contributed by atoms with E-state index in [0.29, 0.717) is 18.0 Å². The van der Waals surface area contributed by atoms with E-state index in [1.807, 2.05) is 26.0 Å². The van der Waals surface area contributed by atoms with Crippen LogP contribution >= 0.6 is 0 Å². The smallest absolute Gasteiger partial charge is 0.230 e. The minimum absolute atomic E-state index is 0.112. The van der Waals surface area contributed by atoms with E-state index in [-0.39, 0.29) is 12.3 Å². The van der Waals surface area contributed by atoms with Crippen molar-refractivity contribution >= 4 is 11.6 Å². The lowest BCUT2D eigenvalue weighted by molar-refractivity contribution is -0.115. The van der Waals surface area contributed by atoms with Gasteiger partial charge in [-0.15, -0.1) is 0 Å². The topological polar surface area (TPSA) is 74.7 Å². The summed E-state index contributed by atoms with van der Waals surface area (Å²) in [6.07, 6.45) is 2.67. The monoisotopic (exact) mass is 369 g/mol. The molecule has 0 atom stereocenters.